The van der Waals surface area contributed by atoms with Crippen LogP contribution in [0.5, 0.6) is 0 Å². The lowest BCUT2D eigenvalue weighted by molar-refractivity contribution is -0.127. The Bertz CT molecular complexity index is 1170. The molecule has 0 spiro atoms. The van der Waals surface area contributed by atoms with Crippen molar-refractivity contribution in [2.75, 3.05) is 31.1 Å². The molecule has 168 valence electrons. The normalized spacial score (nSPS) is 14.2. The molecule has 0 bridgehead atoms. The van der Waals surface area contributed by atoms with Gasteiger partial charge in [-0.1, -0.05) is 42.5 Å². The lowest BCUT2D eigenvalue weighted by Gasteiger charge is -2.36. The highest BCUT2D eigenvalue weighted by atomic mass is 79.9. The molecule has 7 heteroatoms. The van der Waals surface area contributed by atoms with E-state index >= 15 is 0 Å². The second-order valence-corrected chi connectivity index (χ2v) is 8.52. The number of nitrogens with zero attached hydrogens (tertiary/aromatic N) is 2. The molecule has 0 unspecified atom stereocenters. The third-order valence-electron chi connectivity index (χ3n) is 5.44. The zero-order valence-electron chi connectivity index (χ0n) is 17.9. The summed E-state index contributed by atoms with van der Waals surface area (Å²) >= 11 is 3.37. The second kappa shape index (κ2) is 10.4. The summed E-state index contributed by atoms with van der Waals surface area (Å²) in [6.45, 7) is 2.39. The molecule has 0 atom stereocenters. The fourth-order valence-corrected chi connectivity index (χ4v) is 4.19. The van der Waals surface area contributed by atoms with Gasteiger partial charge in [-0.05, 0) is 64.0 Å². The van der Waals surface area contributed by atoms with Gasteiger partial charge >= 0.3 is 0 Å². The Balaban J connectivity index is 1.55. The highest BCUT2D eigenvalue weighted by Crippen LogP contribution is 2.19. The maximum atomic E-state index is 13.7. The highest BCUT2D eigenvalue weighted by Gasteiger charge is 2.25. The number of para-hydroxylation sites is 1. The average molecular weight is 508 g/mol. The molecule has 3 aromatic rings. The summed E-state index contributed by atoms with van der Waals surface area (Å²) < 4.78 is 14.4. The monoisotopic (exact) mass is 507 g/mol. The standard InChI is InChI=1S/C26H23BrFN3O2/c27-23-12-5-4-11-22(23)25(32)29-24(18-19-7-6-8-20(28)17-19)26(33)31-15-13-30(14-16-31)21-9-2-1-3-10-21/h1-12,17-18H,13-16H2,(H,29,32). The van der Waals surface area contributed by atoms with Crippen LogP contribution in [0.4, 0.5) is 10.1 Å². The molecule has 1 aliphatic heterocycles. The third kappa shape index (κ3) is 5.68. The minimum atomic E-state index is -0.415. The summed E-state index contributed by atoms with van der Waals surface area (Å²) in [5.74, 6) is -1.13. The van der Waals surface area contributed by atoms with E-state index in [-0.39, 0.29) is 11.6 Å². The first-order valence-corrected chi connectivity index (χ1v) is 11.4. The van der Waals surface area contributed by atoms with Crippen molar-refractivity contribution in [2.24, 2.45) is 0 Å². The molecular formula is C26H23BrFN3O2. The van der Waals surface area contributed by atoms with Gasteiger partial charge in [0.1, 0.15) is 11.5 Å². The van der Waals surface area contributed by atoms with Gasteiger partial charge in [-0.25, -0.2) is 4.39 Å². The Morgan fingerprint density at radius 1 is 0.879 bits per heavy atom. The Labute approximate surface area is 200 Å². The van der Waals surface area contributed by atoms with Crippen molar-refractivity contribution in [3.63, 3.8) is 0 Å². The SMILES string of the molecule is O=C(NC(=Cc1cccc(F)c1)C(=O)N1CCN(c2ccccc2)CC1)c1ccccc1Br. The maximum absolute atomic E-state index is 13.7. The smallest absolute Gasteiger partial charge is 0.270 e. The van der Waals surface area contributed by atoms with Crippen LogP contribution in [0.2, 0.25) is 0 Å². The summed E-state index contributed by atoms with van der Waals surface area (Å²) in [6.07, 6.45) is 1.52. The first kappa shape index (κ1) is 22.7. The van der Waals surface area contributed by atoms with E-state index in [9.17, 15) is 14.0 Å². The second-order valence-electron chi connectivity index (χ2n) is 7.66. The molecule has 1 N–H and O–H groups in total. The average Bonchev–Trinajstić information content (AvgIpc) is 2.84. The van der Waals surface area contributed by atoms with Gasteiger partial charge in [-0.3, -0.25) is 9.59 Å². The summed E-state index contributed by atoms with van der Waals surface area (Å²) in [7, 11) is 0. The molecule has 5 nitrogen and oxygen atoms in total. The zero-order valence-corrected chi connectivity index (χ0v) is 19.5. The van der Waals surface area contributed by atoms with Crippen LogP contribution < -0.4 is 10.2 Å². The van der Waals surface area contributed by atoms with Crippen molar-refractivity contribution in [3.05, 3.63) is 106 Å². The Morgan fingerprint density at radius 2 is 1.58 bits per heavy atom. The van der Waals surface area contributed by atoms with E-state index in [1.165, 1.54) is 18.2 Å². The van der Waals surface area contributed by atoms with Crippen LogP contribution in [0.15, 0.2) is 89.0 Å². The summed E-state index contributed by atoms with van der Waals surface area (Å²) in [5.41, 5.74) is 2.12. The van der Waals surface area contributed by atoms with Crippen LogP contribution in [0.25, 0.3) is 6.08 Å². The molecule has 0 saturated carbocycles. The topological polar surface area (TPSA) is 52.7 Å². The number of benzene rings is 3. The largest absolute Gasteiger partial charge is 0.368 e. The molecule has 33 heavy (non-hydrogen) atoms. The van der Waals surface area contributed by atoms with Crippen molar-refractivity contribution in [1.29, 1.82) is 0 Å². The first-order chi connectivity index (χ1) is 16.0. The number of halogens is 2. The van der Waals surface area contributed by atoms with E-state index in [0.717, 1.165) is 5.69 Å². The van der Waals surface area contributed by atoms with Crippen molar-refractivity contribution in [3.8, 4) is 0 Å². The summed E-state index contributed by atoms with van der Waals surface area (Å²) in [6, 6.07) is 22.9. The van der Waals surface area contributed by atoms with E-state index in [0.29, 0.717) is 41.8 Å². The van der Waals surface area contributed by atoms with Crippen molar-refractivity contribution in [1.82, 2.24) is 10.2 Å². The van der Waals surface area contributed by atoms with Gasteiger partial charge in [-0.2, -0.15) is 0 Å². The van der Waals surface area contributed by atoms with Gasteiger partial charge in [0.2, 0.25) is 0 Å². The minimum absolute atomic E-state index is 0.106. The quantitative estimate of drug-likeness (QED) is 0.509. The molecule has 0 radical (unpaired) electrons. The molecule has 1 heterocycles. The predicted molar refractivity (Wildman–Crippen MR) is 131 cm³/mol. The molecule has 4 rings (SSSR count). The molecule has 1 aliphatic rings. The molecule has 0 aromatic heterocycles. The number of carbonyl (C=O) groups is 2. The number of hydrogen-bond acceptors (Lipinski definition) is 3. The van der Waals surface area contributed by atoms with E-state index in [1.807, 2.05) is 36.4 Å². The van der Waals surface area contributed by atoms with Crippen molar-refractivity contribution in [2.45, 2.75) is 0 Å². The number of piperazine rings is 1. The predicted octanol–water partition coefficient (Wildman–Crippen LogP) is 4.71. The molecule has 1 saturated heterocycles. The number of anilines is 1. The highest BCUT2D eigenvalue weighted by molar-refractivity contribution is 9.10. The Hall–Kier alpha value is -3.45. The number of amides is 2. The van der Waals surface area contributed by atoms with Crippen LogP contribution >= 0.6 is 15.9 Å². The zero-order chi connectivity index (χ0) is 23.2. The summed E-state index contributed by atoms with van der Waals surface area (Å²) in [4.78, 5) is 30.3. The number of rotatable bonds is 5. The van der Waals surface area contributed by atoms with Gasteiger partial charge in [0.25, 0.3) is 11.8 Å². The molecular weight excluding hydrogens is 485 g/mol. The summed E-state index contributed by atoms with van der Waals surface area (Å²) in [5, 5.41) is 2.75. The molecule has 2 amide bonds. The van der Waals surface area contributed by atoms with Gasteiger partial charge in [-0.15, -0.1) is 0 Å². The third-order valence-corrected chi connectivity index (χ3v) is 6.14. The number of carbonyl (C=O) groups excluding carboxylic acids is 2. The van der Waals surface area contributed by atoms with Crippen molar-refractivity contribution >= 4 is 39.5 Å². The van der Waals surface area contributed by atoms with Gasteiger partial charge < -0.3 is 15.1 Å². The van der Waals surface area contributed by atoms with E-state index in [4.69, 9.17) is 0 Å². The molecule has 1 fully saturated rings. The van der Waals surface area contributed by atoms with Gasteiger partial charge in [0.15, 0.2) is 0 Å². The fourth-order valence-electron chi connectivity index (χ4n) is 3.73. The van der Waals surface area contributed by atoms with Crippen LogP contribution in [0.3, 0.4) is 0 Å². The molecule has 3 aromatic carbocycles. The van der Waals surface area contributed by atoms with Crippen molar-refractivity contribution < 1.29 is 14.0 Å². The van der Waals surface area contributed by atoms with Gasteiger partial charge in [0, 0.05) is 36.3 Å². The number of nitrogens with one attached hydrogen (secondary N) is 1. The van der Waals surface area contributed by atoms with E-state index in [1.54, 1.807) is 35.2 Å². The van der Waals surface area contributed by atoms with Crippen LogP contribution in [-0.4, -0.2) is 42.9 Å². The van der Waals surface area contributed by atoms with Crippen LogP contribution in [0, 0.1) is 5.82 Å². The molecule has 0 aliphatic carbocycles. The minimum Gasteiger partial charge on any atom is -0.368 e. The number of hydrogen-bond donors (Lipinski definition) is 1. The maximum Gasteiger partial charge on any atom is 0.270 e. The lowest BCUT2D eigenvalue weighted by Crippen LogP contribution is -2.50. The Morgan fingerprint density at radius 3 is 2.27 bits per heavy atom. The van der Waals surface area contributed by atoms with Gasteiger partial charge in [0.05, 0.1) is 5.56 Å². The lowest BCUT2D eigenvalue weighted by atomic mass is 10.1. The van der Waals surface area contributed by atoms with E-state index < -0.39 is 11.7 Å². The first-order valence-electron chi connectivity index (χ1n) is 10.6. The Kier molecular flexibility index (Phi) is 7.19. The van der Waals surface area contributed by atoms with Crippen LogP contribution in [0.1, 0.15) is 15.9 Å². The van der Waals surface area contributed by atoms with E-state index in [2.05, 4.69) is 26.1 Å². The van der Waals surface area contributed by atoms with Crippen LogP contribution in [-0.2, 0) is 4.79 Å². The fraction of sp³-hybridized carbons (Fsp3) is 0.154.